The van der Waals surface area contributed by atoms with E-state index in [-0.39, 0.29) is 6.10 Å². The molecule has 1 aliphatic heterocycles. The Morgan fingerprint density at radius 1 is 1.32 bits per heavy atom. The summed E-state index contributed by atoms with van der Waals surface area (Å²) in [6, 6.07) is 9.93. The molecule has 1 unspecified atom stereocenters. The number of aliphatic hydroxyl groups excluding tert-OH is 1. The Morgan fingerprint density at radius 3 is 2.68 bits per heavy atom. The van der Waals surface area contributed by atoms with Crippen LogP contribution in [0.2, 0.25) is 5.15 Å². The fourth-order valence-corrected chi connectivity index (χ4v) is 2.89. The van der Waals surface area contributed by atoms with Crippen LogP contribution in [0, 0.1) is 6.92 Å². The molecule has 0 radical (unpaired) electrons. The summed E-state index contributed by atoms with van der Waals surface area (Å²) in [4.78, 5) is 6.59. The number of aryl methyl sites for hydroxylation is 1. The lowest BCUT2D eigenvalue weighted by molar-refractivity contribution is 0.198. The van der Waals surface area contributed by atoms with Gasteiger partial charge in [0.2, 0.25) is 0 Å². The van der Waals surface area contributed by atoms with Crippen LogP contribution in [-0.2, 0) is 0 Å². The molecule has 0 bridgehead atoms. The zero-order chi connectivity index (χ0) is 13.4. The van der Waals surface area contributed by atoms with E-state index in [0.717, 1.165) is 30.3 Å². The van der Waals surface area contributed by atoms with Crippen molar-refractivity contribution in [3.8, 4) is 5.69 Å². The highest BCUT2D eigenvalue weighted by Crippen LogP contribution is 2.31. The molecule has 1 aromatic carbocycles. The van der Waals surface area contributed by atoms with Crippen molar-refractivity contribution in [1.29, 1.82) is 0 Å². The summed E-state index contributed by atoms with van der Waals surface area (Å²) in [5.41, 5.74) is 1.00. The molecule has 1 atom stereocenters. The average molecular weight is 278 g/mol. The molecule has 5 heteroatoms. The summed E-state index contributed by atoms with van der Waals surface area (Å²) in [5, 5.41) is 10.2. The monoisotopic (exact) mass is 277 g/mol. The van der Waals surface area contributed by atoms with Crippen molar-refractivity contribution >= 4 is 17.4 Å². The van der Waals surface area contributed by atoms with E-state index in [1.807, 2.05) is 46.7 Å². The van der Waals surface area contributed by atoms with Gasteiger partial charge in [0.25, 0.3) is 0 Å². The number of hydrogen-bond donors (Lipinski definition) is 1. The summed E-state index contributed by atoms with van der Waals surface area (Å²) >= 11 is 6.47. The Hall–Kier alpha value is -1.52. The minimum absolute atomic E-state index is 0.279. The van der Waals surface area contributed by atoms with Crippen LogP contribution in [0.3, 0.4) is 0 Å². The molecule has 2 aromatic rings. The van der Waals surface area contributed by atoms with Crippen LogP contribution >= 0.6 is 11.6 Å². The second kappa shape index (κ2) is 4.87. The van der Waals surface area contributed by atoms with E-state index in [1.54, 1.807) is 0 Å². The maximum atomic E-state index is 9.63. The van der Waals surface area contributed by atoms with Gasteiger partial charge in [0.15, 0.2) is 11.0 Å². The van der Waals surface area contributed by atoms with Gasteiger partial charge in [0, 0.05) is 18.8 Å². The third-order valence-corrected chi connectivity index (χ3v) is 3.79. The number of β-amino-alcohol motifs (C(OH)–C–C–N with tert-alkyl or cyclic N) is 1. The molecule has 0 amide bonds. The summed E-state index contributed by atoms with van der Waals surface area (Å²) in [6.07, 6.45) is 0.492. The number of hydrogen-bond acceptors (Lipinski definition) is 3. The molecular weight excluding hydrogens is 262 g/mol. The van der Waals surface area contributed by atoms with Crippen molar-refractivity contribution in [3.05, 3.63) is 41.3 Å². The number of anilines is 1. The van der Waals surface area contributed by atoms with Crippen LogP contribution in [0.1, 0.15) is 12.2 Å². The Bertz CT molecular complexity index is 582. The van der Waals surface area contributed by atoms with Crippen molar-refractivity contribution in [1.82, 2.24) is 9.55 Å². The minimum atomic E-state index is -0.279. The van der Waals surface area contributed by atoms with Crippen LogP contribution in [0.15, 0.2) is 30.3 Å². The zero-order valence-corrected chi connectivity index (χ0v) is 11.5. The number of benzene rings is 1. The first kappa shape index (κ1) is 12.5. The van der Waals surface area contributed by atoms with Crippen molar-refractivity contribution in [2.75, 3.05) is 18.0 Å². The standard InChI is InChI=1S/C14H16ClN3O/c1-10-16-14(17-8-7-12(19)9-17)13(15)18(10)11-5-3-2-4-6-11/h2-6,12,19H,7-9H2,1H3. The number of halogens is 1. The molecule has 1 fully saturated rings. The molecule has 0 saturated carbocycles. The second-order valence-electron chi connectivity index (χ2n) is 4.83. The van der Waals surface area contributed by atoms with Gasteiger partial charge in [-0.1, -0.05) is 29.8 Å². The molecule has 4 nitrogen and oxygen atoms in total. The van der Waals surface area contributed by atoms with E-state index in [0.29, 0.717) is 11.7 Å². The third-order valence-electron chi connectivity index (χ3n) is 3.45. The zero-order valence-electron chi connectivity index (χ0n) is 10.8. The lowest BCUT2D eigenvalue weighted by atomic mass is 10.3. The molecule has 2 heterocycles. The average Bonchev–Trinajstić information content (AvgIpc) is 2.95. The fourth-order valence-electron chi connectivity index (χ4n) is 2.50. The summed E-state index contributed by atoms with van der Waals surface area (Å²) in [5.74, 6) is 1.62. The van der Waals surface area contributed by atoms with E-state index < -0.39 is 0 Å². The number of rotatable bonds is 2. The molecule has 1 N–H and O–H groups in total. The Kier molecular flexibility index (Phi) is 3.21. The summed E-state index contributed by atoms with van der Waals surface area (Å²) in [7, 11) is 0. The van der Waals surface area contributed by atoms with Gasteiger partial charge in [-0.25, -0.2) is 4.98 Å². The second-order valence-corrected chi connectivity index (χ2v) is 5.19. The molecule has 0 aliphatic carbocycles. The van der Waals surface area contributed by atoms with Crippen LogP contribution < -0.4 is 4.90 Å². The number of nitrogens with zero attached hydrogens (tertiary/aromatic N) is 3. The predicted octanol–water partition coefficient (Wildman–Crippen LogP) is 2.41. The van der Waals surface area contributed by atoms with Crippen molar-refractivity contribution in [2.45, 2.75) is 19.4 Å². The van der Waals surface area contributed by atoms with E-state index in [9.17, 15) is 5.11 Å². The van der Waals surface area contributed by atoms with Gasteiger partial charge in [-0.05, 0) is 25.5 Å². The largest absolute Gasteiger partial charge is 0.391 e. The normalized spacial score (nSPS) is 19.1. The maximum absolute atomic E-state index is 9.63. The molecule has 100 valence electrons. The van der Waals surface area contributed by atoms with Gasteiger partial charge in [-0.3, -0.25) is 4.57 Å². The molecule has 3 rings (SSSR count). The summed E-state index contributed by atoms with van der Waals surface area (Å²) < 4.78 is 1.93. The van der Waals surface area contributed by atoms with Crippen LogP contribution in [0.25, 0.3) is 5.69 Å². The molecular formula is C14H16ClN3O. The van der Waals surface area contributed by atoms with Gasteiger partial charge < -0.3 is 10.0 Å². The Balaban J connectivity index is 2.01. The van der Waals surface area contributed by atoms with Crippen molar-refractivity contribution < 1.29 is 5.11 Å². The molecule has 1 aliphatic rings. The van der Waals surface area contributed by atoms with E-state index in [4.69, 9.17) is 11.6 Å². The molecule has 1 saturated heterocycles. The smallest absolute Gasteiger partial charge is 0.167 e. The van der Waals surface area contributed by atoms with Gasteiger partial charge in [0.1, 0.15) is 5.82 Å². The fraction of sp³-hybridized carbons (Fsp3) is 0.357. The molecule has 19 heavy (non-hydrogen) atoms. The predicted molar refractivity (Wildman–Crippen MR) is 76.1 cm³/mol. The van der Waals surface area contributed by atoms with Gasteiger partial charge in [-0.2, -0.15) is 0 Å². The lowest BCUT2D eigenvalue weighted by Crippen LogP contribution is -2.21. The Morgan fingerprint density at radius 2 is 2.05 bits per heavy atom. The van der Waals surface area contributed by atoms with Crippen LogP contribution in [-0.4, -0.2) is 33.9 Å². The molecule has 1 aromatic heterocycles. The first-order valence-electron chi connectivity index (χ1n) is 6.40. The highest BCUT2D eigenvalue weighted by atomic mass is 35.5. The SMILES string of the molecule is Cc1nc(N2CCC(O)C2)c(Cl)n1-c1ccccc1. The number of aliphatic hydroxyl groups is 1. The van der Waals surface area contributed by atoms with Gasteiger partial charge >= 0.3 is 0 Å². The number of aromatic nitrogens is 2. The van der Waals surface area contributed by atoms with Gasteiger partial charge in [0.05, 0.1) is 6.10 Å². The summed E-state index contributed by atoms with van der Waals surface area (Å²) in [6.45, 7) is 3.34. The molecule has 0 spiro atoms. The number of para-hydroxylation sites is 1. The highest BCUT2D eigenvalue weighted by molar-refractivity contribution is 6.32. The highest BCUT2D eigenvalue weighted by Gasteiger charge is 2.26. The van der Waals surface area contributed by atoms with E-state index in [1.165, 1.54) is 0 Å². The van der Waals surface area contributed by atoms with Crippen molar-refractivity contribution in [2.24, 2.45) is 0 Å². The van der Waals surface area contributed by atoms with E-state index in [2.05, 4.69) is 4.98 Å². The topological polar surface area (TPSA) is 41.3 Å². The lowest BCUT2D eigenvalue weighted by Gasteiger charge is -2.15. The number of imidazole rings is 1. The maximum Gasteiger partial charge on any atom is 0.167 e. The first-order chi connectivity index (χ1) is 9.16. The quantitative estimate of drug-likeness (QED) is 0.916. The Labute approximate surface area is 117 Å². The third kappa shape index (κ3) is 2.22. The van der Waals surface area contributed by atoms with Gasteiger partial charge in [-0.15, -0.1) is 0 Å². The van der Waals surface area contributed by atoms with E-state index >= 15 is 0 Å². The van der Waals surface area contributed by atoms with Crippen LogP contribution in [0.5, 0.6) is 0 Å². The first-order valence-corrected chi connectivity index (χ1v) is 6.78. The van der Waals surface area contributed by atoms with Crippen LogP contribution in [0.4, 0.5) is 5.82 Å². The minimum Gasteiger partial charge on any atom is -0.391 e. The van der Waals surface area contributed by atoms with Crippen molar-refractivity contribution in [3.63, 3.8) is 0 Å².